The first-order chi connectivity index (χ1) is 8.74. The fraction of sp³-hybridized carbons (Fsp3) is 0.286. The molecule has 0 amide bonds. The summed E-state index contributed by atoms with van der Waals surface area (Å²) in [5.41, 5.74) is 9.13. The molecule has 0 aliphatic heterocycles. The Morgan fingerprint density at radius 3 is 2.39 bits per heavy atom. The maximum atomic E-state index is 5.84. The first-order valence-electron chi connectivity index (χ1n) is 6.19. The van der Waals surface area contributed by atoms with Crippen LogP contribution in [0.2, 0.25) is 0 Å². The molecule has 1 heterocycles. The molecule has 1 aromatic heterocycles. The van der Waals surface area contributed by atoms with E-state index >= 15 is 0 Å². The number of anilines is 3. The number of rotatable bonds is 4. The Kier molecular flexibility index (Phi) is 3.77. The fourth-order valence-corrected chi connectivity index (χ4v) is 1.84. The van der Waals surface area contributed by atoms with Gasteiger partial charge in [-0.15, -0.1) is 0 Å². The van der Waals surface area contributed by atoms with Gasteiger partial charge in [-0.2, -0.15) is 0 Å². The second-order valence-electron chi connectivity index (χ2n) is 4.12. The molecule has 0 saturated carbocycles. The van der Waals surface area contributed by atoms with E-state index in [0.717, 1.165) is 29.9 Å². The zero-order valence-electron chi connectivity index (χ0n) is 10.8. The van der Waals surface area contributed by atoms with E-state index in [1.165, 1.54) is 11.9 Å². The molecule has 4 heteroatoms. The van der Waals surface area contributed by atoms with Gasteiger partial charge >= 0.3 is 0 Å². The lowest BCUT2D eigenvalue weighted by Crippen LogP contribution is -2.04. The Morgan fingerprint density at radius 2 is 1.78 bits per heavy atom. The van der Waals surface area contributed by atoms with Crippen molar-refractivity contribution in [3.8, 4) is 0 Å². The quantitative estimate of drug-likeness (QED) is 0.865. The molecule has 0 radical (unpaired) electrons. The Bertz CT molecular complexity index is 520. The van der Waals surface area contributed by atoms with Crippen LogP contribution >= 0.6 is 0 Å². The van der Waals surface area contributed by atoms with E-state index in [2.05, 4.69) is 46.5 Å². The van der Waals surface area contributed by atoms with Gasteiger partial charge in [0.2, 0.25) is 0 Å². The van der Waals surface area contributed by atoms with Crippen LogP contribution < -0.4 is 11.1 Å². The van der Waals surface area contributed by atoms with E-state index in [1.54, 1.807) is 0 Å². The molecule has 18 heavy (non-hydrogen) atoms. The SMILES string of the molecule is CCc1ccc(Nc2ncnc(N)c2CC)cc1. The minimum Gasteiger partial charge on any atom is -0.383 e. The van der Waals surface area contributed by atoms with Crippen LogP contribution in [0.25, 0.3) is 0 Å². The summed E-state index contributed by atoms with van der Waals surface area (Å²) in [4.78, 5) is 8.25. The van der Waals surface area contributed by atoms with Crippen LogP contribution in [0.5, 0.6) is 0 Å². The van der Waals surface area contributed by atoms with Crippen LogP contribution in [-0.4, -0.2) is 9.97 Å². The molecular weight excluding hydrogens is 224 g/mol. The third kappa shape index (κ3) is 2.59. The lowest BCUT2D eigenvalue weighted by molar-refractivity contribution is 1.06. The lowest BCUT2D eigenvalue weighted by Gasteiger charge is -2.11. The first-order valence-corrected chi connectivity index (χ1v) is 6.19. The summed E-state index contributed by atoms with van der Waals surface area (Å²) < 4.78 is 0. The summed E-state index contributed by atoms with van der Waals surface area (Å²) in [5, 5.41) is 3.28. The van der Waals surface area contributed by atoms with Crippen molar-refractivity contribution in [2.75, 3.05) is 11.1 Å². The van der Waals surface area contributed by atoms with Crippen molar-refractivity contribution in [3.05, 3.63) is 41.7 Å². The zero-order valence-corrected chi connectivity index (χ0v) is 10.8. The molecule has 0 unspecified atom stereocenters. The second-order valence-corrected chi connectivity index (χ2v) is 4.12. The topological polar surface area (TPSA) is 63.8 Å². The Morgan fingerprint density at radius 1 is 1.06 bits per heavy atom. The Balaban J connectivity index is 2.25. The summed E-state index contributed by atoms with van der Waals surface area (Å²) in [6.45, 7) is 4.18. The van der Waals surface area contributed by atoms with E-state index in [9.17, 15) is 0 Å². The Labute approximate surface area is 107 Å². The molecule has 0 fully saturated rings. The van der Waals surface area contributed by atoms with Gasteiger partial charge in [-0.1, -0.05) is 26.0 Å². The highest BCUT2D eigenvalue weighted by molar-refractivity contribution is 5.63. The molecule has 0 atom stereocenters. The number of hydrogen-bond acceptors (Lipinski definition) is 4. The van der Waals surface area contributed by atoms with Crippen LogP contribution in [0, 0.1) is 0 Å². The third-order valence-corrected chi connectivity index (χ3v) is 2.96. The van der Waals surface area contributed by atoms with Gasteiger partial charge in [-0.25, -0.2) is 9.97 Å². The van der Waals surface area contributed by atoms with Crippen molar-refractivity contribution >= 4 is 17.3 Å². The fourth-order valence-electron chi connectivity index (χ4n) is 1.84. The van der Waals surface area contributed by atoms with Gasteiger partial charge < -0.3 is 11.1 Å². The monoisotopic (exact) mass is 242 g/mol. The summed E-state index contributed by atoms with van der Waals surface area (Å²) >= 11 is 0. The number of nitrogens with two attached hydrogens (primary N) is 1. The lowest BCUT2D eigenvalue weighted by atomic mass is 10.1. The van der Waals surface area contributed by atoms with Crippen LogP contribution in [0.4, 0.5) is 17.3 Å². The van der Waals surface area contributed by atoms with Gasteiger partial charge in [0, 0.05) is 11.3 Å². The molecule has 2 rings (SSSR count). The van der Waals surface area contributed by atoms with Crippen molar-refractivity contribution in [3.63, 3.8) is 0 Å². The minimum absolute atomic E-state index is 0.542. The number of benzene rings is 1. The van der Waals surface area contributed by atoms with Gasteiger partial charge in [0.05, 0.1) is 0 Å². The highest BCUT2D eigenvalue weighted by Gasteiger charge is 2.07. The smallest absolute Gasteiger partial charge is 0.139 e. The van der Waals surface area contributed by atoms with Gasteiger partial charge in [0.15, 0.2) is 0 Å². The summed E-state index contributed by atoms with van der Waals surface area (Å²) in [7, 11) is 0. The molecule has 0 spiro atoms. The first kappa shape index (κ1) is 12.4. The van der Waals surface area contributed by atoms with Gasteiger partial charge in [-0.05, 0) is 30.5 Å². The standard InChI is InChI=1S/C14H18N4/c1-3-10-5-7-11(8-6-10)18-14-12(4-2)13(15)16-9-17-14/h5-9H,3-4H2,1-2H3,(H3,15,16,17,18). The molecule has 94 valence electrons. The largest absolute Gasteiger partial charge is 0.383 e. The maximum absolute atomic E-state index is 5.84. The highest BCUT2D eigenvalue weighted by atomic mass is 15.0. The summed E-state index contributed by atoms with van der Waals surface area (Å²) in [5.74, 6) is 1.33. The van der Waals surface area contributed by atoms with Crippen LogP contribution in [0.1, 0.15) is 25.0 Å². The third-order valence-electron chi connectivity index (χ3n) is 2.96. The van der Waals surface area contributed by atoms with Crippen LogP contribution in [-0.2, 0) is 12.8 Å². The van der Waals surface area contributed by atoms with Gasteiger partial charge in [-0.3, -0.25) is 0 Å². The highest BCUT2D eigenvalue weighted by Crippen LogP contribution is 2.22. The molecular formula is C14H18N4. The predicted molar refractivity (Wildman–Crippen MR) is 74.9 cm³/mol. The van der Waals surface area contributed by atoms with Crippen molar-refractivity contribution in [2.45, 2.75) is 26.7 Å². The zero-order chi connectivity index (χ0) is 13.0. The van der Waals surface area contributed by atoms with E-state index < -0.39 is 0 Å². The molecule has 2 aromatic rings. The number of hydrogen-bond donors (Lipinski definition) is 2. The van der Waals surface area contributed by atoms with E-state index in [0.29, 0.717) is 5.82 Å². The van der Waals surface area contributed by atoms with Crippen molar-refractivity contribution in [1.29, 1.82) is 0 Å². The molecule has 1 aromatic carbocycles. The van der Waals surface area contributed by atoms with Crippen molar-refractivity contribution < 1.29 is 0 Å². The van der Waals surface area contributed by atoms with Gasteiger partial charge in [0.1, 0.15) is 18.0 Å². The average molecular weight is 242 g/mol. The van der Waals surface area contributed by atoms with Gasteiger partial charge in [0.25, 0.3) is 0 Å². The number of nitrogen functional groups attached to an aromatic ring is 1. The molecule has 0 aliphatic rings. The number of aryl methyl sites for hydroxylation is 1. The number of nitrogens with zero attached hydrogens (tertiary/aromatic N) is 2. The average Bonchev–Trinajstić information content (AvgIpc) is 2.40. The van der Waals surface area contributed by atoms with Crippen molar-refractivity contribution in [2.24, 2.45) is 0 Å². The van der Waals surface area contributed by atoms with E-state index in [-0.39, 0.29) is 0 Å². The van der Waals surface area contributed by atoms with Crippen LogP contribution in [0.3, 0.4) is 0 Å². The molecule has 0 aliphatic carbocycles. The normalized spacial score (nSPS) is 10.3. The second kappa shape index (κ2) is 5.49. The minimum atomic E-state index is 0.542. The molecule has 0 saturated heterocycles. The molecule has 0 bridgehead atoms. The van der Waals surface area contributed by atoms with E-state index in [1.807, 2.05) is 6.92 Å². The van der Waals surface area contributed by atoms with E-state index in [4.69, 9.17) is 5.73 Å². The predicted octanol–water partition coefficient (Wildman–Crippen LogP) is 2.93. The summed E-state index contributed by atoms with van der Waals surface area (Å²) in [6, 6.07) is 8.32. The Hall–Kier alpha value is -2.10. The summed E-state index contributed by atoms with van der Waals surface area (Å²) in [6.07, 6.45) is 3.33. The van der Waals surface area contributed by atoms with Crippen molar-refractivity contribution in [1.82, 2.24) is 9.97 Å². The maximum Gasteiger partial charge on any atom is 0.139 e. The van der Waals surface area contributed by atoms with Crippen LogP contribution in [0.15, 0.2) is 30.6 Å². The number of aromatic nitrogens is 2. The molecule has 3 N–H and O–H groups in total. The molecule has 4 nitrogen and oxygen atoms in total. The number of nitrogens with one attached hydrogen (secondary N) is 1.